The molecular formula is C6H7NO3S. The molecule has 5 heteroatoms. The molecule has 0 radical (unpaired) electrons. The zero-order valence-electron chi connectivity index (χ0n) is 5.89. The van der Waals surface area contributed by atoms with Gasteiger partial charge in [-0.1, -0.05) is 0 Å². The predicted octanol–water partition coefficient (Wildman–Crippen LogP) is 0.108. The summed E-state index contributed by atoms with van der Waals surface area (Å²) in [5.74, 6) is 0. The van der Waals surface area contributed by atoms with E-state index in [0.29, 0.717) is 11.8 Å². The Balaban J connectivity index is 3.18. The Hall–Kier alpha value is -1.10. The van der Waals surface area contributed by atoms with Gasteiger partial charge in [0.15, 0.2) is 6.29 Å². The molecule has 0 aromatic carbocycles. The summed E-state index contributed by atoms with van der Waals surface area (Å²) in [5.41, 5.74) is 0.357. The van der Waals surface area contributed by atoms with Gasteiger partial charge < -0.3 is 0 Å². The Morgan fingerprint density at radius 1 is 1.55 bits per heavy atom. The molecule has 0 amide bonds. The maximum atomic E-state index is 10.8. The van der Waals surface area contributed by atoms with Gasteiger partial charge >= 0.3 is 0 Å². The van der Waals surface area contributed by atoms with Gasteiger partial charge in [-0.15, -0.1) is 0 Å². The molecule has 1 aromatic rings. The van der Waals surface area contributed by atoms with Crippen LogP contribution in [0.4, 0.5) is 0 Å². The van der Waals surface area contributed by atoms with Crippen LogP contribution in [0, 0.1) is 0 Å². The second-order valence-electron chi connectivity index (χ2n) is 2.16. The zero-order valence-corrected chi connectivity index (χ0v) is 6.71. The van der Waals surface area contributed by atoms with Crippen molar-refractivity contribution >= 4 is 16.3 Å². The van der Waals surface area contributed by atoms with E-state index in [2.05, 4.69) is 0 Å². The highest BCUT2D eigenvalue weighted by molar-refractivity contribution is 7.89. The average molecular weight is 173 g/mol. The number of carbonyl (C=O) groups is 1. The van der Waals surface area contributed by atoms with Gasteiger partial charge in [0.2, 0.25) is 10.0 Å². The molecule has 0 N–H and O–H groups in total. The maximum absolute atomic E-state index is 10.8. The Kier molecular flexibility index (Phi) is 1.82. The Morgan fingerprint density at radius 3 is 2.45 bits per heavy atom. The van der Waals surface area contributed by atoms with Crippen LogP contribution in [0.25, 0.3) is 0 Å². The Labute approximate surface area is 64.5 Å². The molecule has 0 saturated carbocycles. The van der Waals surface area contributed by atoms with E-state index in [9.17, 15) is 13.2 Å². The van der Waals surface area contributed by atoms with Gasteiger partial charge in [-0.3, -0.25) is 8.77 Å². The van der Waals surface area contributed by atoms with Crippen molar-refractivity contribution in [2.75, 3.05) is 6.26 Å². The van der Waals surface area contributed by atoms with Crippen molar-refractivity contribution in [3.63, 3.8) is 0 Å². The van der Waals surface area contributed by atoms with Crippen LogP contribution in [0.2, 0.25) is 0 Å². The fourth-order valence-electron chi connectivity index (χ4n) is 0.669. The lowest BCUT2D eigenvalue weighted by atomic mass is 10.4. The first-order valence-corrected chi connectivity index (χ1v) is 4.72. The van der Waals surface area contributed by atoms with Gasteiger partial charge in [0.1, 0.15) is 0 Å². The summed E-state index contributed by atoms with van der Waals surface area (Å²) >= 11 is 0. The molecule has 0 spiro atoms. The number of aldehydes is 1. The number of aromatic nitrogens is 1. The Morgan fingerprint density at radius 2 is 2.18 bits per heavy atom. The summed E-state index contributed by atoms with van der Waals surface area (Å²) in [6, 6.07) is 1.44. The normalized spacial score (nSPS) is 11.4. The van der Waals surface area contributed by atoms with E-state index in [1.165, 1.54) is 18.5 Å². The van der Waals surface area contributed by atoms with Crippen molar-refractivity contribution < 1.29 is 13.2 Å². The second kappa shape index (κ2) is 2.50. The van der Waals surface area contributed by atoms with Gasteiger partial charge in [0, 0.05) is 18.0 Å². The van der Waals surface area contributed by atoms with Crippen molar-refractivity contribution in [1.29, 1.82) is 0 Å². The average Bonchev–Trinajstić information content (AvgIpc) is 2.32. The van der Waals surface area contributed by atoms with Gasteiger partial charge in [-0.2, -0.15) is 0 Å². The van der Waals surface area contributed by atoms with Crippen LogP contribution in [-0.2, 0) is 10.0 Å². The summed E-state index contributed by atoms with van der Waals surface area (Å²) in [5, 5.41) is 0. The van der Waals surface area contributed by atoms with Crippen LogP contribution in [-0.4, -0.2) is 24.9 Å². The predicted molar refractivity (Wildman–Crippen MR) is 40.1 cm³/mol. The molecule has 0 fully saturated rings. The molecule has 0 aliphatic heterocycles. The fraction of sp³-hybridized carbons (Fsp3) is 0.167. The van der Waals surface area contributed by atoms with Crippen molar-refractivity contribution in [1.82, 2.24) is 3.97 Å². The molecule has 4 nitrogen and oxygen atoms in total. The van der Waals surface area contributed by atoms with Gasteiger partial charge in [0.05, 0.1) is 6.26 Å². The number of hydrogen-bond acceptors (Lipinski definition) is 3. The summed E-state index contributed by atoms with van der Waals surface area (Å²) < 4.78 is 22.6. The van der Waals surface area contributed by atoms with Gasteiger partial charge in [-0.25, -0.2) is 8.42 Å². The minimum atomic E-state index is -3.23. The molecule has 0 unspecified atom stereocenters. The number of carbonyl (C=O) groups excluding carboxylic acids is 1. The molecule has 0 bridgehead atoms. The standard InChI is InChI=1S/C6H7NO3S/c1-11(9,10)7-3-2-6(4-7)5-8/h2-5H,1H3. The van der Waals surface area contributed by atoms with E-state index in [-0.39, 0.29) is 0 Å². The van der Waals surface area contributed by atoms with Crippen LogP contribution in [0.3, 0.4) is 0 Å². The third-order valence-electron chi connectivity index (χ3n) is 1.21. The summed E-state index contributed by atoms with van der Waals surface area (Å²) in [4.78, 5) is 10.1. The first-order valence-electron chi connectivity index (χ1n) is 2.88. The third-order valence-corrected chi connectivity index (χ3v) is 2.20. The minimum absolute atomic E-state index is 0.357. The van der Waals surface area contributed by atoms with E-state index in [0.717, 1.165) is 10.2 Å². The summed E-state index contributed by atoms with van der Waals surface area (Å²) in [6.45, 7) is 0. The Bertz CT molecular complexity index is 363. The SMILES string of the molecule is CS(=O)(=O)n1ccc(C=O)c1. The topological polar surface area (TPSA) is 56.1 Å². The van der Waals surface area contributed by atoms with Crippen molar-refractivity contribution in [3.8, 4) is 0 Å². The lowest BCUT2D eigenvalue weighted by Gasteiger charge is -1.94. The first kappa shape index (κ1) is 8.00. The number of hydrogen-bond donors (Lipinski definition) is 0. The molecule has 0 saturated heterocycles. The van der Waals surface area contributed by atoms with Crippen LogP contribution >= 0.6 is 0 Å². The molecule has 11 heavy (non-hydrogen) atoms. The lowest BCUT2D eigenvalue weighted by molar-refractivity contribution is 0.112. The smallest absolute Gasteiger partial charge is 0.235 e. The van der Waals surface area contributed by atoms with E-state index in [1.54, 1.807) is 0 Å². The maximum Gasteiger partial charge on any atom is 0.235 e. The van der Waals surface area contributed by atoms with E-state index >= 15 is 0 Å². The molecule has 0 aliphatic carbocycles. The lowest BCUT2D eigenvalue weighted by Crippen LogP contribution is -2.06. The van der Waals surface area contributed by atoms with E-state index in [1.807, 2.05) is 0 Å². The molecule has 0 aliphatic rings. The van der Waals surface area contributed by atoms with E-state index in [4.69, 9.17) is 0 Å². The largest absolute Gasteiger partial charge is 0.298 e. The zero-order chi connectivity index (χ0) is 8.48. The van der Waals surface area contributed by atoms with Gasteiger partial charge in [-0.05, 0) is 6.07 Å². The molecule has 1 heterocycles. The van der Waals surface area contributed by atoms with Crippen LogP contribution in [0.5, 0.6) is 0 Å². The van der Waals surface area contributed by atoms with Crippen molar-refractivity contribution in [3.05, 3.63) is 24.0 Å². The van der Waals surface area contributed by atoms with Crippen LogP contribution in [0.1, 0.15) is 10.4 Å². The monoisotopic (exact) mass is 173 g/mol. The van der Waals surface area contributed by atoms with Crippen molar-refractivity contribution in [2.45, 2.75) is 0 Å². The highest BCUT2D eigenvalue weighted by atomic mass is 32.2. The highest BCUT2D eigenvalue weighted by Crippen LogP contribution is 2.00. The number of nitrogens with zero attached hydrogens (tertiary/aromatic N) is 1. The third kappa shape index (κ3) is 1.68. The molecular weight excluding hydrogens is 166 g/mol. The number of rotatable bonds is 2. The fourth-order valence-corrected chi connectivity index (χ4v) is 1.26. The molecule has 1 aromatic heterocycles. The summed E-state index contributed by atoms with van der Waals surface area (Å²) in [6.07, 6.45) is 4.27. The van der Waals surface area contributed by atoms with Crippen LogP contribution < -0.4 is 0 Å². The summed E-state index contributed by atoms with van der Waals surface area (Å²) in [7, 11) is -3.23. The first-order chi connectivity index (χ1) is 5.04. The van der Waals surface area contributed by atoms with Crippen LogP contribution in [0.15, 0.2) is 18.5 Å². The molecule has 0 atom stereocenters. The van der Waals surface area contributed by atoms with Crippen molar-refractivity contribution in [2.24, 2.45) is 0 Å². The minimum Gasteiger partial charge on any atom is -0.298 e. The molecule has 60 valence electrons. The van der Waals surface area contributed by atoms with E-state index < -0.39 is 10.0 Å². The quantitative estimate of drug-likeness (QED) is 0.596. The second-order valence-corrected chi connectivity index (χ2v) is 4.04. The molecule has 1 rings (SSSR count). The highest BCUT2D eigenvalue weighted by Gasteiger charge is 2.03. The van der Waals surface area contributed by atoms with Gasteiger partial charge in [0.25, 0.3) is 0 Å².